The fourth-order valence-electron chi connectivity index (χ4n) is 4.07. The summed E-state index contributed by atoms with van der Waals surface area (Å²) in [5.74, 6) is 0.511. The lowest BCUT2D eigenvalue weighted by atomic mass is 9.76. The smallest absolute Gasteiger partial charge is 0.145 e. The number of fused-ring (bicyclic) bond motifs is 4. The van der Waals surface area contributed by atoms with Gasteiger partial charge in [0.15, 0.2) is 0 Å². The van der Waals surface area contributed by atoms with Crippen molar-refractivity contribution in [1.29, 1.82) is 0 Å². The topological polar surface area (TPSA) is 35.5 Å². The Labute approximate surface area is 107 Å². The van der Waals surface area contributed by atoms with Gasteiger partial charge in [-0.2, -0.15) is 0 Å². The van der Waals surface area contributed by atoms with Gasteiger partial charge in [-0.15, -0.1) is 0 Å². The van der Waals surface area contributed by atoms with Crippen LogP contribution in [0.15, 0.2) is 23.3 Å². The predicted octanol–water partition coefficient (Wildman–Crippen LogP) is 2.02. The fourth-order valence-corrected chi connectivity index (χ4v) is 4.07. The van der Waals surface area contributed by atoms with E-state index >= 15 is 0 Å². The summed E-state index contributed by atoms with van der Waals surface area (Å²) in [5.41, 5.74) is 2.47. The van der Waals surface area contributed by atoms with E-state index < -0.39 is 0 Å². The average molecular weight is 246 g/mol. The molecule has 0 aromatic heterocycles. The molecule has 96 valence electrons. The summed E-state index contributed by atoms with van der Waals surface area (Å²) in [5, 5.41) is 0. The van der Waals surface area contributed by atoms with E-state index in [4.69, 9.17) is 9.47 Å². The first-order valence-electron chi connectivity index (χ1n) is 6.85. The van der Waals surface area contributed by atoms with Gasteiger partial charge in [0.25, 0.3) is 0 Å². The van der Waals surface area contributed by atoms with Gasteiger partial charge in [-0.25, -0.2) is 0 Å². The molecule has 4 aliphatic rings. The molecule has 4 heterocycles. The molecule has 0 N–H and O–H groups in total. The summed E-state index contributed by atoms with van der Waals surface area (Å²) in [6, 6.07) is 0. The van der Waals surface area contributed by atoms with Crippen LogP contribution in [0.2, 0.25) is 0 Å². The minimum absolute atomic E-state index is 0.0471. The highest BCUT2D eigenvalue weighted by atomic mass is 16.5. The molecule has 0 aliphatic carbocycles. The van der Waals surface area contributed by atoms with Crippen molar-refractivity contribution >= 4 is 5.78 Å². The van der Waals surface area contributed by atoms with Crippen molar-refractivity contribution in [2.75, 3.05) is 0 Å². The summed E-state index contributed by atoms with van der Waals surface area (Å²) >= 11 is 0. The molecule has 6 unspecified atom stereocenters. The summed E-state index contributed by atoms with van der Waals surface area (Å²) in [6.07, 6.45) is 6.53. The van der Waals surface area contributed by atoms with Crippen molar-refractivity contribution in [2.24, 2.45) is 11.8 Å². The quantitative estimate of drug-likeness (QED) is 0.699. The maximum Gasteiger partial charge on any atom is 0.145 e. The molecule has 3 heteroatoms. The largest absolute Gasteiger partial charge is 0.366 e. The van der Waals surface area contributed by atoms with E-state index in [1.54, 1.807) is 0 Å². The van der Waals surface area contributed by atoms with Gasteiger partial charge in [0.2, 0.25) is 0 Å². The number of ether oxygens (including phenoxy) is 2. The molecule has 0 amide bonds. The number of rotatable bonds is 2. The normalized spacial score (nSPS) is 48.6. The maximum atomic E-state index is 12.7. The zero-order valence-electron chi connectivity index (χ0n) is 10.8. The molecule has 0 aromatic rings. The van der Waals surface area contributed by atoms with Crippen LogP contribution in [0.4, 0.5) is 0 Å². The summed E-state index contributed by atoms with van der Waals surface area (Å²) in [4.78, 5) is 12.7. The van der Waals surface area contributed by atoms with Crippen LogP contribution in [-0.4, -0.2) is 30.2 Å². The highest BCUT2D eigenvalue weighted by Gasteiger charge is 2.51. The molecular formula is C15H18O3. The Morgan fingerprint density at radius 3 is 1.78 bits per heavy atom. The first kappa shape index (κ1) is 10.9. The van der Waals surface area contributed by atoms with E-state index in [0.29, 0.717) is 5.78 Å². The van der Waals surface area contributed by atoms with Crippen LogP contribution in [0.3, 0.4) is 0 Å². The molecule has 0 spiro atoms. The van der Waals surface area contributed by atoms with Gasteiger partial charge in [-0.1, -0.05) is 12.2 Å². The molecule has 0 saturated carbocycles. The summed E-state index contributed by atoms with van der Waals surface area (Å²) < 4.78 is 11.6. The molecule has 4 aliphatic heterocycles. The van der Waals surface area contributed by atoms with Crippen molar-refractivity contribution in [1.82, 2.24) is 0 Å². The van der Waals surface area contributed by atoms with Gasteiger partial charge < -0.3 is 9.47 Å². The molecule has 18 heavy (non-hydrogen) atoms. The van der Waals surface area contributed by atoms with Crippen LogP contribution in [0.1, 0.15) is 26.7 Å². The van der Waals surface area contributed by atoms with E-state index in [9.17, 15) is 4.79 Å². The fraction of sp³-hybridized carbons (Fsp3) is 0.667. The highest BCUT2D eigenvalue weighted by Crippen LogP contribution is 2.45. The van der Waals surface area contributed by atoms with Crippen LogP contribution in [0.5, 0.6) is 0 Å². The van der Waals surface area contributed by atoms with Crippen LogP contribution in [0.25, 0.3) is 0 Å². The SMILES string of the molecule is CC1=CC2CC(C(=O)C3CC4C=C(C)C3O4)C1O2. The molecule has 2 saturated heterocycles. The van der Waals surface area contributed by atoms with Crippen molar-refractivity contribution < 1.29 is 14.3 Å². The molecule has 6 atom stereocenters. The highest BCUT2D eigenvalue weighted by molar-refractivity contribution is 5.86. The van der Waals surface area contributed by atoms with Crippen LogP contribution >= 0.6 is 0 Å². The molecule has 0 aromatic carbocycles. The Balaban J connectivity index is 1.56. The van der Waals surface area contributed by atoms with E-state index in [0.717, 1.165) is 12.8 Å². The molecule has 4 rings (SSSR count). The van der Waals surface area contributed by atoms with Crippen molar-refractivity contribution in [3.8, 4) is 0 Å². The van der Waals surface area contributed by atoms with Crippen LogP contribution < -0.4 is 0 Å². The Bertz CT molecular complexity index is 434. The van der Waals surface area contributed by atoms with Crippen molar-refractivity contribution in [3.05, 3.63) is 23.3 Å². The minimum Gasteiger partial charge on any atom is -0.366 e. The second-order valence-corrected chi connectivity index (χ2v) is 6.10. The number of carbonyl (C=O) groups excluding carboxylic acids is 1. The standard InChI is InChI=1S/C15H18O3/c1-7-3-9-5-11(14(7)17-9)13(16)12-6-10-4-8(2)15(12)18-10/h3-4,9-12,14-15H,5-6H2,1-2H3. The average Bonchev–Trinajstić information content (AvgIpc) is 3.04. The molecular weight excluding hydrogens is 228 g/mol. The third-order valence-electron chi connectivity index (χ3n) is 4.87. The Morgan fingerprint density at radius 1 is 1.00 bits per heavy atom. The van der Waals surface area contributed by atoms with Gasteiger partial charge in [0.1, 0.15) is 5.78 Å². The number of hydrogen-bond donors (Lipinski definition) is 0. The maximum absolute atomic E-state index is 12.7. The third-order valence-corrected chi connectivity index (χ3v) is 4.87. The van der Waals surface area contributed by atoms with E-state index in [-0.39, 0.29) is 36.3 Å². The van der Waals surface area contributed by atoms with E-state index in [1.165, 1.54) is 11.1 Å². The Kier molecular flexibility index (Phi) is 2.16. The Morgan fingerprint density at radius 2 is 1.44 bits per heavy atom. The van der Waals surface area contributed by atoms with Gasteiger partial charge in [0, 0.05) is 0 Å². The first-order chi connectivity index (χ1) is 8.63. The predicted molar refractivity (Wildman–Crippen MR) is 66.1 cm³/mol. The van der Waals surface area contributed by atoms with Gasteiger partial charge >= 0.3 is 0 Å². The van der Waals surface area contributed by atoms with Crippen molar-refractivity contribution in [2.45, 2.75) is 51.1 Å². The zero-order chi connectivity index (χ0) is 12.4. The minimum atomic E-state index is 0.0471. The molecule has 3 nitrogen and oxygen atoms in total. The number of Topliss-reactive ketones (excluding diaryl/α,β-unsaturated/α-hetero) is 1. The third kappa shape index (κ3) is 1.35. The lowest BCUT2D eigenvalue weighted by molar-refractivity contribution is -0.128. The van der Waals surface area contributed by atoms with Crippen molar-refractivity contribution in [3.63, 3.8) is 0 Å². The van der Waals surface area contributed by atoms with Crippen LogP contribution in [0, 0.1) is 11.8 Å². The lowest BCUT2D eigenvalue weighted by Crippen LogP contribution is -2.35. The second kappa shape index (κ2) is 3.55. The Hall–Kier alpha value is -0.930. The van der Waals surface area contributed by atoms with E-state index in [1.807, 2.05) is 0 Å². The van der Waals surface area contributed by atoms with Crippen LogP contribution in [-0.2, 0) is 14.3 Å². The number of hydrogen-bond acceptors (Lipinski definition) is 3. The van der Waals surface area contributed by atoms with Gasteiger partial charge in [-0.3, -0.25) is 4.79 Å². The zero-order valence-corrected chi connectivity index (χ0v) is 10.8. The molecule has 0 radical (unpaired) electrons. The summed E-state index contributed by atoms with van der Waals surface area (Å²) in [7, 11) is 0. The number of ketones is 1. The molecule has 2 fully saturated rings. The summed E-state index contributed by atoms with van der Waals surface area (Å²) in [6.45, 7) is 4.15. The van der Waals surface area contributed by atoms with E-state index in [2.05, 4.69) is 26.0 Å². The van der Waals surface area contributed by atoms with Gasteiger partial charge in [0.05, 0.1) is 36.3 Å². The number of carbonyl (C=O) groups is 1. The lowest BCUT2D eigenvalue weighted by Gasteiger charge is -2.24. The van der Waals surface area contributed by atoms with Gasteiger partial charge in [-0.05, 0) is 37.8 Å². The first-order valence-corrected chi connectivity index (χ1v) is 6.85. The molecule has 4 bridgehead atoms. The second-order valence-electron chi connectivity index (χ2n) is 6.10. The monoisotopic (exact) mass is 246 g/mol.